The van der Waals surface area contributed by atoms with Gasteiger partial charge in [0, 0.05) is 39.3 Å². The van der Waals surface area contributed by atoms with Crippen LogP contribution in [0.3, 0.4) is 0 Å². The van der Waals surface area contributed by atoms with Crippen LogP contribution >= 0.6 is 0 Å². The second-order valence-corrected chi connectivity index (χ2v) is 7.68. The summed E-state index contributed by atoms with van der Waals surface area (Å²) >= 11 is 0. The number of hydrogen-bond acceptors (Lipinski definition) is 4. The summed E-state index contributed by atoms with van der Waals surface area (Å²) in [6.07, 6.45) is 1.99. The van der Waals surface area contributed by atoms with E-state index in [0.717, 1.165) is 45.6 Å². The molecule has 1 saturated heterocycles. The second-order valence-electron chi connectivity index (χ2n) is 7.68. The van der Waals surface area contributed by atoms with E-state index in [-0.39, 0.29) is 12.0 Å². The maximum atomic E-state index is 12.5. The van der Waals surface area contributed by atoms with Gasteiger partial charge >= 0.3 is 0 Å². The average molecular weight is 345 g/mol. The first kappa shape index (κ1) is 18.4. The Balaban J connectivity index is 1.40. The predicted molar refractivity (Wildman–Crippen MR) is 99.3 cm³/mol. The summed E-state index contributed by atoms with van der Waals surface area (Å²) in [6.45, 7) is 7.56. The largest absolute Gasteiger partial charge is 0.392 e. The highest BCUT2D eigenvalue weighted by atomic mass is 16.3. The number of carbonyl (C=O) groups is 1. The summed E-state index contributed by atoms with van der Waals surface area (Å²) in [7, 11) is 1.93. The van der Waals surface area contributed by atoms with E-state index >= 15 is 0 Å². The fourth-order valence-electron chi connectivity index (χ4n) is 3.53. The molecule has 1 atom stereocenters. The molecule has 5 heteroatoms. The molecule has 0 bridgehead atoms. The highest BCUT2D eigenvalue weighted by Crippen LogP contribution is 2.32. The summed E-state index contributed by atoms with van der Waals surface area (Å²) in [5.74, 6) is 0.642. The molecule has 1 N–H and O–H groups in total. The Hall–Kier alpha value is -1.43. The molecule has 2 aliphatic rings. The molecule has 2 fully saturated rings. The molecule has 1 amide bonds. The zero-order valence-electron chi connectivity index (χ0n) is 15.5. The molecule has 1 heterocycles. The van der Waals surface area contributed by atoms with Gasteiger partial charge < -0.3 is 10.0 Å². The van der Waals surface area contributed by atoms with Crippen molar-refractivity contribution in [1.82, 2.24) is 14.7 Å². The molecule has 1 unspecified atom stereocenters. The number of carbonyl (C=O) groups excluding carboxylic acids is 1. The van der Waals surface area contributed by atoms with E-state index in [0.29, 0.717) is 19.0 Å². The van der Waals surface area contributed by atoms with Crippen LogP contribution in [0.1, 0.15) is 24.0 Å². The molecule has 0 aromatic heterocycles. The molecule has 1 saturated carbocycles. The lowest BCUT2D eigenvalue weighted by Crippen LogP contribution is -2.51. The number of aliphatic hydroxyl groups is 1. The Labute approximate surface area is 151 Å². The van der Waals surface area contributed by atoms with E-state index in [1.165, 1.54) is 11.1 Å². The first-order valence-electron chi connectivity index (χ1n) is 9.44. The summed E-state index contributed by atoms with van der Waals surface area (Å²) in [4.78, 5) is 18.8. The quantitative estimate of drug-likeness (QED) is 0.810. The number of aliphatic hydroxyl groups excluding tert-OH is 1. The number of nitrogens with zero attached hydrogens (tertiary/aromatic N) is 3. The number of piperazine rings is 1. The third-order valence-corrected chi connectivity index (χ3v) is 5.45. The zero-order chi connectivity index (χ0) is 17.8. The van der Waals surface area contributed by atoms with Crippen LogP contribution in [-0.4, -0.2) is 78.1 Å². The van der Waals surface area contributed by atoms with Crippen molar-refractivity contribution in [3.63, 3.8) is 0 Å². The number of hydrogen-bond donors (Lipinski definition) is 1. The van der Waals surface area contributed by atoms with E-state index in [1.54, 1.807) is 0 Å². The van der Waals surface area contributed by atoms with Crippen molar-refractivity contribution in [3.05, 3.63) is 35.4 Å². The summed E-state index contributed by atoms with van der Waals surface area (Å²) in [6, 6.07) is 8.51. The lowest BCUT2D eigenvalue weighted by Gasteiger charge is -2.35. The second kappa shape index (κ2) is 8.30. The molecule has 0 spiro atoms. The van der Waals surface area contributed by atoms with Crippen molar-refractivity contribution >= 4 is 5.91 Å². The monoisotopic (exact) mass is 345 g/mol. The number of aryl methyl sites for hydroxylation is 1. The lowest BCUT2D eigenvalue weighted by atomic mass is 10.1. The van der Waals surface area contributed by atoms with Crippen LogP contribution in [0.4, 0.5) is 0 Å². The van der Waals surface area contributed by atoms with Gasteiger partial charge in [-0.2, -0.15) is 0 Å². The molecular formula is C20H31N3O2. The van der Waals surface area contributed by atoms with Gasteiger partial charge in [-0.15, -0.1) is 0 Å². The average Bonchev–Trinajstić information content (AvgIpc) is 3.42. The van der Waals surface area contributed by atoms with Crippen LogP contribution in [0, 0.1) is 12.8 Å². The molecule has 25 heavy (non-hydrogen) atoms. The fourth-order valence-corrected chi connectivity index (χ4v) is 3.53. The first-order valence-corrected chi connectivity index (χ1v) is 9.44. The smallest absolute Gasteiger partial charge is 0.236 e. The highest BCUT2D eigenvalue weighted by molar-refractivity contribution is 5.78. The zero-order valence-corrected chi connectivity index (χ0v) is 15.5. The number of likely N-dealkylation sites (N-methyl/N-ethyl adjacent to an activating group) is 1. The van der Waals surface area contributed by atoms with Gasteiger partial charge in [0.25, 0.3) is 0 Å². The molecule has 1 aliphatic carbocycles. The number of rotatable bonds is 7. The number of benzene rings is 1. The normalized spacial score (nSPS) is 20.1. The predicted octanol–water partition coefficient (Wildman–Crippen LogP) is 1.34. The van der Waals surface area contributed by atoms with Gasteiger partial charge in [0.15, 0.2) is 0 Å². The first-order chi connectivity index (χ1) is 12.0. The topological polar surface area (TPSA) is 47.0 Å². The summed E-state index contributed by atoms with van der Waals surface area (Å²) < 4.78 is 0. The minimum atomic E-state index is -0.274. The summed E-state index contributed by atoms with van der Waals surface area (Å²) in [5, 5.41) is 10.0. The van der Waals surface area contributed by atoms with Crippen molar-refractivity contribution in [3.8, 4) is 0 Å². The van der Waals surface area contributed by atoms with Crippen LogP contribution in [0.2, 0.25) is 0 Å². The van der Waals surface area contributed by atoms with Crippen LogP contribution in [-0.2, 0) is 11.3 Å². The molecule has 1 aromatic carbocycles. The van der Waals surface area contributed by atoms with Crippen LogP contribution < -0.4 is 0 Å². The molecular weight excluding hydrogens is 314 g/mol. The fraction of sp³-hybridized carbons (Fsp3) is 0.650. The Morgan fingerprint density at radius 2 is 1.92 bits per heavy atom. The lowest BCUT2D eigenvalue weighted by molar-refractivity contribution is -0.134. The van der Waals surface area contributed by atoms with Crippen molar-refractivity contribution in [2.45, 2.75) is 32.4 Å². The molecule has 3 rings (SSSR count). The Morgan fingerprint density at radius 3 is 2.56 bits per heavy atom. The van der Waals surface area contributed by atoms with Gasteiger partial charge in [-0.25, -0.2) is 0 Å². The van der Waals surface area contributed by atoms with Crippen molar-refractivity contribution in [2.75, 3.05) is 46.3 Å². The van der Waals surface area contributed by atoms with E-state index in [2.05, 4.69) is 36.1 Å². The minimum Gasteiger partial charge on any atom is -0.392 e. The van der Waals surface area contributed by atoms with Gasteiger partial charge in [0.2, 0.25) is 5.91 Å². The van der Waals surface area contributed by atoms with E-state index in [1.807, 2.05) is 16.8 Å². The van der Waals surface area contributed by atoms with E-state index in [9.17, 15) is 9.90 Å². The Morgan fingerprint density at radius 1 is 1.24 bits per heavy atom. The van der Waals surface area contributed by atoms with E-state index in [4.69, 9.17) is 0 Å². The van der Waals surface area contributed by atoms with Crippen LogP contribution in [0.5, 0.6) is 0 Å². The SMILES string of the molecule is Cc1ccccc1CN1CCN(C(=O)CN(C)CC(O)C2CC2)CC1. The van der Waals surface area contributed by atoms with Gasteiger partial charge in [0.05, 0.1) is 12.6 Å². The maximum absolute atomic E-state index is 12.5. The Kier molecular flexibility index (Phi) is 6.10. The van der Waals surface area contributed by atoms with E-state index < -0.39 is 0 Å². The molecule has 1 aliphatic heterocycles. The van der Waals surface area contributed by atoms with Gasteiger partial charge in [-0.05, 0) is 43.9 Å². The molecule has 5 nitrogen and oxygen atoms in total. The van der Waals surface area contributed by atoms with Crippen LogP contribution in [0.25, 0.3) is 0 Å². The van der Waals surface area contributed by atoms with Gasteiger partial charge in [0.1, 0.15) is 0 Å². The van der Waals surface area contributed by atoms with Gasteiger partial charge in [-0.3, -0.25) is 14.6 Å². The standard InChI is InChI=1S/C20H31N3O2/c1-16-5-3-4-6-18(16)13-22-9-11-23(12-10-22)20(25)15-21(2)14-19(24)17-7-8-17/h3-6,17,19,24H,7-15H2,1-2H3. The third-order valence-electron chi connectivity index (χ3n) is 5.45. The van der Waals surface area contributed by atoms with Crippen LogP contribution in [0.15, 0.2) is 24.3 Å². The summed E-state index contributed by atoms with van der Waals surface area (Å²) in [5.41, 5.74) is 2.70. The number of amides is 1. The Bertz CT molecular complexity index is 580. The van der Waals surface area contributed by atoms with Crippen molar-refractivity contribution < 1.29 is 9.90 Å². The molecule has 1 aromatic rings. The molecule has 138 valence electrons. The maximum Gasteiger partial charge on any atom is 0.236 e. The highest BCUT2D eigenvalue weighted by Gasteiger charge is 2.31. The van der Waals surface area contributed by atoms with Gasteiger partial charge in [-0.1, -0.05) is 24.3 Å². The van der Waals surface area contributed by atoms with Crippen molar-refractivity contribution in [1.29, 1.82) is 0 Å². The third kappa shape index (κ3) is 5.27. The van der Waals surface area contributed by atoms with Crippen molar-refractivity contribution in [2.24, 2.45) is 5.92 Å². The molecule has 0 radical (unpaired) electrons. The minimum absolute atomic E-state index is 0.182.